The summed E-state index contributed by atoms with van der Waals surface area (Å²) in [7, 11) is 1.63. The average Bonchev–Trinajstić information content (AvgIpc) is 2.45. The molecule has 0 radical (unpaired) electrons. The second kappa shape index (κ2) is 9.37. The number of methoxy groups -OCH3 is 1. The molecule has 0 aliphatic rings. The van der Waals surface area contributed by atoms with E-state index in [2.05, 4.69) is 10.6 Å². The number of benzene rings is 1. The van der Waals surface area contributed by atoms with E-state index in [-0.39, 0.29) is 6.04 Å². The smallest absolute Gasteiger partial charge is 0.407 e. The Hall–Kier alpha value is -1.95. The summed E-state index contributed by atoms with van der Waals surface area (Å²) < 4.78 is 16.3. The van der Waals surface area contributed by atoms with Crippen LogP contribution in [0.5, 0.6) is 11.5 Å². The number of carbonyl (C=O) groups excluding carboxylic acids is 1. The summed E-state index contributed by atoms with van der Waals surface area (Å²) in [5, 5.41) is 6.11. The molecule has 0 aliphatic carbocycles. The van der Waals surface area contributed by atoms with Crippen LogP contribution in [-0.4, -0.2) is 38.0 Å². The van der Waals surface area contributed by atoms with E-state index in [0.717, 1.165) is 17.1 Å². The lowest BCUT2D eigenvalue weighted by molar-refractivity contribution is 0.0508. The Morgan fingerprint density at radius 3 is 2.58 bits per heavy atom. The van der Waals surface area contributed by atoms with Crippen LogP contribution in [0, 0.1) is 0 Å². The first-order valence-electron chi connectivity index (χ1n) is 8.25. The Morgan fingerprint density at radius 1 is 1.29 bits per heavy atom. The van der Waals surface area contributed by atoms with Crippen molar-refractivity contribution in [1.29, 1.82) is 0 Å². The molecule has 6 nitrogen and oxygen atoms in total. The van der Waals surface area contributed by atoms with Gasteiger partial charge in [-0.2, -0.15) is 0 Å². The molecule has 6 heteroatoms. The summed E-state index contributed by atoms with van der Waals surface area (Å²) in [4.78, 5) is 11.7. The topological polar surface area (TPSA) is 68.8 Å². The van der Waals surface area contributed by atoms with E-state index in [1.807, 2.05) is 52.8 Å². The second-order valence-electron chi connectivity index (χ2n) is 6.56. The Morgan fingerprint density at radius 2 is 2.00 bits per heavy atom. The number of hydrogen-bond acceptors (Lipinski definition) is 5. The normalized spacial score (nSPS) is 12.4. The van der Waals surface area contributed by atoms with Crippen LogP contribution in [-0.2, 0) is 11.3 Å². The van der Waals surface area contributed by atoms with Crippen LogP contribution in [0.2, 0.25) is 0 Å². The Labute approximate surface area is 144 Å². The van der Waals surface area contributed by atoms with E-state index < -0.39 is 11.7 Å². The van der Waals surface area contributed by atoms with Gasteiger partial charge >= 0.3 is 6.09 Å². The molecule has 2 N–H and O–H groups in total. The Kier molecular flexibility index (Phi) is 7.85. The number of nitrogens with one attached hydrogen (secondary N) is 2. The number of hydrogen-bond donors (Lipinski definition) is 2. The third kappa shape index (κ3) is 7.08. The number of rotatable bonds is 8. The molecule has 1 aromatic carbocycles. The average molecular weight is 338 g/mol. The van der Waals surface area contributed by atoms with Gasteiger partial charge in [-0.1, -0.05) is 12.1 Å². The van der Waals surface area contributed by atoms with Crippen molar-refractivity contribution in [3.63, 3.8) is 0 Å². The molecule has 24 heavy (non-hydrogen) atoms. The van der Waals surface area contributed by atoms with Gasteiger partial charge in [0, 0.05) is 24.7 Å². The largest absolute Gasteiger partial charge is 0.493 e. The predicted molar refractivity (Wildman–Crippen MR) is 94.7 cm³/mol. The summed E-state index contributed by atoms with van der Waals surface area (Å²) in [5.74, 6) is 1.47. The lowest BCUT2D eigenvalue weighted by atomic mass is 10.1. The Balaban J connectivity index is 2.50. The van der Waals surface area contributed by atoms with Crippen LogP contribution in [0.4, 0.5) is 4.79 Å². The molecule has 1 unspecified atom stereocenters. The number of alkyl carbamates (subject to hydrolysis) is 1. The van der Waals surface area contributed by atoms with Crippen LogP contribution < -0.4 is 20.1 Å². The van der Waals surface area contributed by atoms with E-state index in [9.17, 15) is 4.79 Å². The van der Waals surface area contributed by atoms with Crippen molar-refractivity contribution in [2.45, 2.75) is 52.8 Å². The van der Waals surface area contributed by atoms with Crippen molar-refractivity contribution in [2.24, 2.45) is 0 Å². The molecule has 0 aromatic heterocycles. The summed E-state index contributed by atoms with van der Waals surface area (Å²) in [6.07, 6.45) is -0.410. The molecule has 1 aromatic rings. The van der Waals surface area contributed by atoms with Gasteiger partial charge in [-0.3, -0.25) is 0 Å². The lowest BCUT2D eigenvalue weighted by Crippen LogP contribution is -2.42. The lowest BCUT2D eigenvalue weighted by Gasteiger charge is -2.22. The third-order valence-electron chi connectivity index (χ3n) is 3.09. The first kappa shape index (κ1) is 20.1. The van der Waals surface area contributed by atoms with Gasteiger partial charge in [0.2, 0.25) is 0 Å². The monoisotopic (exact) mass is 338 g/mol. The highest BCUT2D eigenvalue weighted by molar-refractivity contribution is 5.68. The number of carbonyl (C=O) groups is 1. The van der Waals surface area contributed by atoms with Crippen molar-refractivity contribution in [1.82, 2.24) is 10.6 Å². The Bertz CT molecular complexity index is 526. The van der Waals surface area contributed by atoms with Crippen molar-refractivity contribution < 1.29 is 19.0 Å². The molecule has 0 heterocycles. The van der Waals surface area contributed by atoms with Gasteiger partial charge in [0.1, 0.15) is 5.60 Å². The molecule has 0 aliphatic heterocycles. The van der Waals surface area contributed by atoms with E-state index in [1.165, 1.54) is 0 Å². The number of ether oxygens (including phenoxy) is 3. The van der Waals surface area contributed by atoms with Gasteiger partial charge in [-0.05, 0) is 40.7 Å². The van der Waals surface area contributed by atoms with E-state index >= 15 is 0 Å². The minimum atomic E-state index is -0.496. The molecule has 0 saturated heterocycles. The fraction of sp³-hybridized carbons (Fsp3) is 0.611. The zero-order valence-corrected chi connectivity index (χ0v) is 15.6. The molecule has 0 saturated carbocycles. The standard InChI is InChI=1S/C18H30N2O4/c1-7-23-15-10-8-9-14(16(15)22-6)12-19-11-13(2)20-17(21)24-18(3,4)5/h8-10,13,19H,7,11-12H2,1-6H3,(H,20,21). The zero-order chi connectivity index (χ0) is 18.2. The van der Waals surface area contributed by atoms with Gasteiger partial charge in [-0.25, -0.2) is 4.79 Å². The highest BCUT2D eigenvalue weighted by Gasteiger charge is 2.17. The minimum absolute atomic E-state index is 0.0547. The van der Waals surface area contributed by atoms with Gasteiger partial charge in [0.05, 0.1) is 13.7 Å². The quantitative estimate of drug-likeness (QED) is 0.762. The molecule has 0 spiro atoms. The van der Waals surface area contributed by atoms with Crippen molar-refractivity contribution in [2.75, 3.05) is 20.3 Å². The van der Waals surface area contributed by atoms with Gasteiger partial charge in [0.15, 0.2) is 11.5 Å². The fourth-order valence-corrected chi connectivity index (χ4v) is 2.18. The molecule has 1 rings (SSSR count). The first-order valence-corrected chi connectivity index (χ1v) is 8.25. The van der Waals surface area contributed by atoms with Crippen molar-refractivity contribution in [3.05, 3.63) is 23.8 Å². The maximum absolute atomic E-state index is 11.7. The zero-order valence-electron chi connectivity index (χ0n) is 15.6. The summed E-state index contributed by atoms with van der Waals surface area (Å²) >= 11 is 0. The number of amides is 1. The van der Waals surface area contributed by atoms with Gasteiger partial charge in [-0.15, -0.1) is 0 Å². The van der Waals surface area contributed by atoms with E-state index in [4.69, 9.17) is 14.2 Å². The molecule has 1 amide bonds. The van der Waals surface area contributed by atoms with Gasteiger partial charge < -0.3 is 24.8 Å². The minimum Gasteiger partial charge on any atom is -0.493 e. The molecule has 1 atom stereocenters. The third-order valence-corrected chi connectivity index (χ3v) is 3.09. The molecule has 0 bridgehead atoms. The molecule has 136 valence electrons. The molecular weight excluding hydrogens is 308 g/mol. The van der Waals surface area contributed by atoms with Crippen LogP contribution >= 0.6 is 0 Å². The summed E-state index contributed by atoms with van der Waals surface area (Å²) in [6.45, 7) is 11.2. The first-order chi connectivity index (χ1) is 11.3. The molecular formula is C18H30N2O4. The number of para-hydroxylation sites is 1. The highest BCUT2D eigenvalue weighted by atomic mass is 16.6. The second-order valence-corrected chi connectivity index (χ2v) is 6.56. The van der Waals surface area contributed by atoms with Crippen LogP contribution in [0.15, 0.2) is 18.2 Å². The van der Waals surface area contributed by atoms with Crippen LogP contribution in [0.1, 0.15) is 40.2 Å². The highest BCUT2D eigenvalue weighted by Crippen LogP contribution is 2.30. The van der Waals surface area contributed by atoms with Gasteiger partial charge in [0.25, 0.3) is 0 Å². The maximum atomic E-state index is 11.7. The van der Waals surface area contributed by atoms with E-state index in [0.29, 0.717) is 19.7 Å². The van der Waals surface area contributed by atoms with Crippen molar-refractivity contribution in [3.8, 4) is 11.5 Å². The van der Waals surface area contributed by atoms with Crippen LogP contribution in [0.25, 0.3) is 0 Å². The molecule has 0 fully saturated rings. The van der Waals surface area contributed by atoms with E-state index in [1.54, 1.807) is 7.11 Å². The SMILES string of the molecule is CCOc1cccc(CNCC(C)NC(=O)OC(C)(C)C)c1OC. The fourth-order valence-electron chi connectivity index (χ4n) is 2.18. The predicted octanol–water partition coefficient (Wildman–Crippen LogP) is 3.10. The summed E-state index contributed by atoms with van der Waals surface area (Å²) in [5.41, 5.74) is 0.512. The summed E-state index contributed by atoms with van der Waals surface area (Å²) in [6, 6.07) is 5.76. The van der Waals surface area contributed by atoms with Crippen molar-refractivity contribution >= 4 is 6.09 Å². The maximum Gasteiger partial charge on any atom is 0.407 e. The van der Waals surface area contributed by atoms with Crippen LogP contribution in [0.3, 0.4) is 0 Å².